The van der Waals surface area contributed by atoms with Gasteiger partial charge in [-0.2, -0.15) is 0 Å². The summed E-state index contributed by atoms with van der Waals surface area (Å²) in [6.07, 6.45) is 7.79. The van der Waals surface area contributed by atoms with Crippen LogP contribution in [0.5, 0.6) is 0 Å². The molecule has 0 saturated heterocycles. The van der Waals surface area contributed by atoms with Crippen LogP contribution < -0.4 is 0 Å². The molecule has 0 bridgehead atoms. The van der Waals surface area contributed by atoms with Crippen molar-refractivity contribution in [3.63, 3.8) is 0 Å². The van der Waals surface area contributed by atoms with E-state index in [2.05, 4.69) is 20.8 Å². The van der Waals surface area contributed by atoms with Gasteiger partial charge in [0.2, 0.25) is 0 Å². The number of benzene rings is 1. The molecule has 0 heterocycles. The Balaban J connectivity index is 1.81. The molecule has 0 spiro atoms. The monoisotopic (exact) mass is 310 g/mol. The maximum atomic E-state index is 13.9. The molecule has 1 aromatic rings. The summed E-state index contributed by atoms with van der Waals surface area (Å²) in [7, 11) is 0. The Labute approximate surface area is 134 Å². The topological polar surface area (TPSA) is 0 Å². The largest absolute Gasteiger partial charge is 0.207 e. The lowest BCUT2D eigenvalue weighted by molar-refractivity contribution is 0.213. The van der Waals surface area contributed by atoms with Gasteiger partial charge in [0, 0.05) is 5.02 Å². The van der Waals surface area contributed by atoms with Crippen molar-refractivity contribution >= 4 is 11.6 Å². The molecule has 0 nitrogen and oxygen atoms in total. The summed E-state index contributed by atoms with van der Waals surface area (Å²) in [5.74, 6) is 2.72. The highest BCUT2D eigenvalue weighted by Crippen LogP contribution is 2.37. The van der Waals surface area contributed by atoms with E-state index in [4.69, 9.17) is 11.6 Å². The van der Waals surface area contributed by atoms with Crippen LogP contribution in [0.3, 0.4) is 0 Å². The summed E-state index contributed by atoms with van der Waals surface area (Å²) < 4.78 is 13.9. The first-order valence-electron chi connectivity index (χ1n) is 8.42. The second kappa shape index (κ2) is 7.63. The lowest BCUT2D eigenvalue weighted by Gasteiger charge is -2.31. The zero-order valence-corrected chi connectivity index (χ0v) is 14.3. The molecule has 21 heavy (non-hydrogen) atoms. The molecule has 2 heteroatoms. The Hall–Kier alpha value is -0.560. The van der Waals surface area contributed by atoms with Crippen molar-refractivity contribution in [2.24, 2.45) is 17.8 Å². The highest BCUT2D eigenvalue weighted by molar-refractivity contribution is 6.30. The molecule has 0 aliphatic heterocycles. The molecule has 2 rings (SSSR count). The first-order valence-corrected chi connectivity index (χ1v) is 8.80. The predicted molar refractivity (Wildman–Crippen MR) is 89.3 cm³/mol. The van der Waals surface area contributed by atoms with Gasteiger partial charge in [-0.15, -0.1) is 0 Å². The molecule has 0 amide bonds. The van der Waals surface area contributed by atoms with E-state index in [9.17, 15) is 4.39 Å². The van der Waals surface area contributed by atoms with Crippen molar-refractivity contribution in [2.45, 2.75) is 65.2 Å². The van der Waals surface area contributed by atoms with Gasteiger partial charge in [-0.3, -0.25) is 0 Å². The van der Waals surface area contributed by atoms with Gasteiger partial charge in [-0.05, 0) is 67.1 Å². The van der Waals surface area contributed by atoms with Gasteiger partial charge in [-0.1, -0.05) is 51.3 Å². The zero-order valence-electron chi connectivity index (χ0n) is 13.5. The van der Waals surface area contributed by atoms with E-state index in [0.717, 1.165) is 29.7 Å². The summed E-state index contributed by atoms with van der Waals surface area (Å²) in [6.45, 7) is 6.82. The summed E-state index contributed by atoms with van der Waals surface area (Å²) in [5.41, 5.74) is 0.815. The summed E-state index contributed by atoms with van der Waals surface area (Å²) >= 11 is 5.82. The van der Waals surface area contributed by atoms with Crippen molar-refractivity contribution in [1.82, 2.24) is 0 Å². The standard InChI is InChI=1S/C19H28ClF/c1-13(2)16-8-6-15(7-9-16)5-4-14(3)18-11-10-17(20)12-19(18)21/h10-16H,4-9H2,1-3H3. The molecule has 0 N–H and O–H groups in total. The van der Waals surface area contributed by atoms with Crippen LogP contribution in [0.4, 0.5) is 4.39 Å². The molecule has 1 saturated carbocycles. The normalized spacial score (nSPS) is 24.3. The molecule has 1 aliphatic carbocycles. The maximum absolute atomic E-state index is 13.9. The first-order chi connectivity index (χ1) is 9.97. The van der Waals surface area contributed by atoms with E-state index in [0.29, 0.717) is 5.02 Å². The molecule has 1 aromatic carbocycles. The minimum absolute atomic E-state index is 0.154. The average molecular weight is 311 g/mol. The van der Waals surface area contributed by atoms with Crippen molar-refractivity contribution < 1.29 is 4.39 Å². The smallest absolute Gasteiger partial charge is 0.128 e. The van der Waals surface area contributed by atoms with Gasteiger partial charge in [0.25, 0.3) is 0 Å². The van der Waals surface area contributed by atoms with Crippen molar-refractivity contribution in [1.29, 1.82) is 0 Å². The van der Waals surface area contributed by atoms with E-state index < -0.39 is 0 Å². The zero-order chi connectivity index (χ0) is 15.4. The molecule has 0 radical (unpaired) electrons. The van der Waals surface area contributed by atoms with E-state index in [1.165, 1.54) is 38.2 Å². The Morgan fingerprint density at radius 3 is 2.38 bits per heavy atom. The molecular formula is C19H28ClF. The van der Waals surface area contributed by atoms with Crippen molar-refractivity contribution in [3.8, 4) is 0 Å². The van der Waals surface area contributed by atoms with E-state index in [1.807, 2.05) is 6.07 Å². The maximum Gasteiger partial charge on any atom is 0.128 e. The molecule has 1 atom stereocenters. The lowest BCUT2D eigenvalue weighted by atomic mass is 9.75. The van der Waals surface area contributed by atoms with Gasteiger partial charge < -0.3 is 0 Å². The third kappa shape index (κ3) is 4.71. The van der Waals surface area contributed by atoms with E-state index in [1.54, 1.807) is 6.07 Å². The van der Waals surface area contributed by atoms with Crippen LogP contribution in [0.2, 0.25) is 5.02 Å². The third-order valence-electron chi connectivity index (χ3n) is 5.34. The van der Waals surface area contributed by atoms with Crippen LogP contribution in [-0.4, -0.2) is 0 Å². The van der Waals surface area contributed by atoms with Gasteiger partial charge in [0.05, 0.1) is 0 Å². The van der Waals surface area contributed by atoms with Gasteiger partial charge >= 0.3 is 0 Å². The van der Waals surface area contributed by atoms with Gasteiger partial charge in [0.15, 0.2) is 0 Å². The highest BCUT2D eigenvalue weighted by atomic mass is 35.5. The Morgan fingerprint density at radius 2 is 1.81 bits per heavy atom. The minimum Gasteiger partial charge on any atom is -0.207 e. The number of hydrogen-bond donors (Lipinski definition) is 0. The second-order valence-corrected chi connectivity index (χ2v) is 7.61. The highest BCUT2D eigenvalue weighted by Gasteiger charge is 2.23. The van der Waals surface area contributed by atoms with Crippen molar-refractivity contribution in [3.05, 3.63) is 34.6 Å². The fraction of sp³-hybridized carbons (Fsp3) is 0.684. The second-order valence-electron chi connectivity index (χ2n) is 7.17. The quantitative estimate of drug-likeness (QED) is 0.559. The summed E-state index contributed by atoms with van der Waals surface area (Å²) in [4.78, 5) is 0. The Morgan fingerprint density at radius 1 is 1.14 bits per heavy atom. The SMILES string of the molecule is CC(CCC1CCC(C(C)C)CC1)c1ccc(Cl)cc1F. The number of rotatable bonds is 5. The molecule has 0 aromatic heterocycles. The molecule has 1 unspecified atom stereocenters. The molecule has 118 valence electrons. The Kier molecular flexibility index (Phi) is 6.10. The predicted octanol–water partition coefficient (Wildman–Crippen LogP) is 6.83. The first kappa shape index (κ1) is 16.8. The lowest BCUT2D eigenvalue weighted by Crippen LogP contribution is -2.18. The molecule has 1 aliphatic rings. The minimum atomic E-state index is -0.154. The van der Waals surface area contributed by atoms with Crippen LogP contribution >= 0.6 is 11.6 Å². The summed E-state index contributed by atoms with van der Waals surface area (Å²) in [5, 5.41) is 0.482. The fourth-order valence-electron chi connectivity index (χ4n) is 3.69. The Bertz CT molecular complexity index is 447. The van der Waals surface area contributed by atoms with Gasteiger partial charge in [-0.25, -0.2) is 4.39 Å². The van der Waals surface area contributed by atoms with Crippen molar-refractivity contribution in [2.75, 3.05) is 0 Å². The number of hydrogen-bond acceptors (Lipinski definition) is 0. The van der Waals surface area contributed by atoms with Gasteiger partial charge in [0.1, 0.15) is 5.82 Å². The van der Waals surface area contributed by atoms with E-state index >= 15 is 0 Å². The molecular weight excluding hydrogens is 283 g/mol. The van der Waals surface area contributed by atoms with Crippen LogP contribution in [0.25, 0.3) is 0 Å². The molecule has 1 fully saturated rings. The van der Waals surface area contributed by atoms with Crippen LogP contribution in [0.1, 0.15) is 70.8 Å². The average Bonchev–Trinajstić information content (AvgIpc) is 2.45. The summed E-state index contributed by atoms with van der Waals surface area (Å²) in [6, 6.07) is 5.07. The fourth-order valence-corrected chi connectivity index (χ4v) is 3.84. The third-order valence-corrected chi connectivity index (χ3v) is 5.57. The van der Waals surface area contributed by atoms with Crippen LogP contribution in [0.15, 0.2) is 18.2 Å². The van der Waals surface area contributed by atoms with Crippen LogP contribution in [-0.2, 0) is 0 Å². The van der Waals surface area contributed by atoms with Crippen LogP contribution in [0, 0.1) is 23.6 Å². The number of halogens is 2. The van der Waals surface area contributed by atoms with E-state index in [-0.39, 0.29) is 11.7 Å².